The van der Waals surface area contributed by atoms with Gasteiger partial charge in [-0.25, -0.2) is 4.98 Å². The lowest BCUT2D eigenvalue weighted by Gasteiger charge is -2.08. The van der Waals surface area contributed by atoms with Gasteiger partial charge < -0.3 is 14.6 Å². The van der Waals surface area contributed by atoms with Gasteiger partial charge >= 0.3 is 0 Å². The van der Waals surface area contributed by atoms with Crippen molar-refractivity contribution in [1.29, 1.82) is 0 Å². The van der Waals surface area contributed by atoms with E-state index >= 15 is 0 Å². The molecule has 118 valence electrons. The maximum atomic E-state index is 12.4. The number of aryl methyl sites for hydroxylation is 1. The van der Waals surface area contributed by atoms with Crippen molar-refractivity contribution >= 4 is 17.2 Å². The summed E-state index contributed by atoms with van der Waals surface area (Å²) in [5.74, 6) is 0.645. The number of carbonyl (C=O) groups is 1. The Hall–Kier alpha value is -2.60. The van der Waals surface area contributed by atoms with Gasteiger partial charge in [-0.3, -0.25) is 4.79 Å². The number of amides is 1. The Balaban J connectivity index is 1.74. The minimum Gasteiger partial charge on any atom is -0.496 e. The van der Waals surface area contributed by atoms with Gasteiger partial charge in [-0.2, -0.15) is 0 Å². The van der Waals surface area contributed by atoms with Crippen LogP contribution in [0.2, 0.25) is 0 Å². The monoisotopic (exact) mass is 327 g/mol. The van der Waals surface area contributed by atoms with E-state index in [1.54, 1.807) is 7.11 Å². The van der Waals surface area contributed by atoms with Crippen LogP contribution in [-0.2, 0) is 6.54 Å². The summed E-state index contributed by atoms with van der Waals surface area (Å²) < 4.78 is 7.19. The molecular weight excluding hydrogens is 310 g/mol. The van der Waals surface area contributed by atoms with E-state index in [2.05, 4.69) is 10.3 Å². The van der Waals surface area contributed by atoms with Crippen LogP contribution in [0.5, 0.6) is 5.75 Å². The number of rotatable bonds is 5. The predicted octanol–water partition coefficient (Wildman–Crippen LogP) is 3.18. The van der Waals surface area contributed by atoms with Crippen LogP contribution in [0.15, 0.2) is 48.8 Å². The Kier molecular flexibility index (Phi) is 4.43. The number of para-hydroxylation sites is 1. The molecule has 0 radical (unpaired) electrons. The number of ether oxygens (including phenoxy) is 1. The number of aromatic nitrogens is 2. The molecule has 0 fully saturated rings. The van der Waals surface area contributed by atoms with E-state index < -0.39 is 0 Å². The van der Waals surface area contributed by atoms with E-state index in [0.717, 1.165) is 22.1 Å². The molecule has 3 rings (SSSR count). The minimum absolute atomic E-state index is 0.121. The minimum atomic E-state index is -0.121. The second kappa shape index (κ2) is 6.66. The molecule has 1 amide bonds. The molecule has 0 aliphatic carbocycles. The van der Waals surface area contributed by atoms with Crippen LogP contribution >= 0.6 is 11.3 Å². The van der Waals surface area contributed by atoms with Crippen LogP contribution in [0.4, 0.5) is 0 Å². The van der Waals surface area contributed by atoms with Gasteiger partial charge in [0.2, 0.25) is 0 Å². The molecule has 0 unspecified atom stereocenters. The predicted molar refractivity (Wildman–Crippen MR) is 90.3 cm³/mol. The van der Waals surface area contributed by atoms with Crippen LogP contribution in [0.25, 0.3) is 5.13 Å². The Labute approximate surface area is 138 Å². The van der Waals surface area contributed by atoms with Crippen LogP contribution in [0.3, 0.4) is 0 Å². The number of hydrogen-bond donors (Lipinski definition) is 1. The topological polar surface area (TPSA) is 56.1 Å². The molecule has 0 aliphatic rings. The zero-order chi connectivity index (χ0) is 16.2. The molecule has 1 aromatic carbocycles. The lowest BCUT2D eigenvalue weighted by Crippen LogP contribution is -2.22. The summed E-state index contributed by atoms with van der Waals surface area (Å²) in [7, 11) is 1.62. The molecule has 2 heterocycles. The fourth-order valence-corrected chi connectivity index (χ4v) is 3.22. The molecule has 0 bridgehead atoms. The van der Waals surface area contributed by atoms with E-state index in [4.69, 9.17) is 4.74 Å². The van der Waals surface area contributed by atoms with Gasteiger partial charge in [-0.05, 0) is 25.1 Å². The summed E-state index contributed by atoms with van der Waals surface area (Å²) in [6.45, 7) is 2.26. The first kappa shape index (κ1) is 15.3. The zero-order valence-electron chi connectivity index (χ0n) is 12.9. The number of thiazole rings is 1. The van der Waals surface area contributed by atoms with Gasteiger partial charge in [0, 0.05) is 24.5 Å². The van der Waals surface area contributed by atoms with E-state index in [-0.39, 0.29) is 5.91 Å². The lowest BCUT2D eigenvalue weighted by molar-refractivity contribution is 0.0954. The van der Waals surface area contributed by atoms with E-state index in [9.17, 15) is 4.79 Å². The standard InChI is InChI=1S/C17H17N3O2S/c1-12-15(23-17(19-12)20-9-5-6-10-20)16(21)18-11-13-7-3-4-8-14(13)22-2/h3-10H,11H2,1-2H3,(H,18,21). The molecular formula is C17H17N3O2S. The van der Waals surface area contributed by atoms with Crippen LogP contribution in [-0.4, -0.2) is 22.6 Å². The highest BCUT2D eigenvalue weighted by molar-refractivity contribution is 7.16. The third-order valence-electron chi connectivity index (χ3n) is 3.45. The second-order valence-electron chi connectivity index (χ2n) is 5.00. The van der Waals surface area contributed by atoms with Crippen molar-refractivity contribution in [3.63, 3.8) is 0 Å². The number of benzene rings is 1. The summed E-state index contributed by atoms with van der Waals surface area (Å²) in [5, 5.41) is 3.72. The molecule has 1 N–H and O–H groups in total. The zero-order valence-corrected chi connectivity index (χ0v) is 13.8. The Bertz CT molecular complexity index is 809. The number of nitrogens with one attached hydrogen (secondary N) is 1. The van der Waals surface area contributed by atoms with Crippen molar-refractivity contribution < 1.29 is 9.53 Å². The van der Waals surface area contributed by atoms with E-state index in [1.165, 1.54) is 11.3 Å². The van der Waals surface area contributed by atoms with Crippen LogP contribution in [0, 0.1) is 6.92 Å². The molecule has 2 aromatic heterocycles. The van der Waals surface area contributed by atoms with Crippen LogP contribution in [0.1, 0.15) is 20.9 Å². The highest BCUT2D eigenvalue weighted by Crippen LogP contribution is 2.22. The molecule has 23 heavy (non-hydrogen) atoms. The fraction of sp³-hybridized carbons (Fsp3) is 0.176. The highest BCUT2D eigenvalue weighted by atomic mass is 32.1. The Morgan fingerprint density at radius 1 is 1.26 bits per heavy atom. The van der Waals surface area contributed by atoms with Gasteiger partial charge in [-0.1, -0.05) is 29.5 Å². The van der Waals surface area contributed by atoms with Gasteiger partial charge in [0.05, 0.1) is 12.8 Å². The van der Waals surface area contributed by atoms with Crippen molar-refractivity contribution in [2.75, 3.05) is 7.11 Å². The molecule has 0 atom stereocenters. The van der Waals surface area contributed by atoms with Crippen molar-refractivity contribution in [2.45, 2.75) is 13.5 Å². The van der Waals surface area contributed by atoms with Gasteiger partial charge in [0.15, 0.2) is 5.13 Å². The molecule has 6 heteroatoms. The number of methoxy groups -OCH3 is 1. The SMILES string of the molecule is COc1ccccc1CNC(=O)c1sc(-n2cccc2)nc1C. The maximum Gasteiger partial charge on any atom is 0.263 e. The van der Waals surface area contributed by atoms with Crippen molar-refractivity contribution in [3.05, 3.63) is 64.9 Å². The van der Waals surface area contributed by atoms with E-state index in [0.29, 0.717) is 11.4 Å². The summed E-state index contributed by atoms with van der Waals surface area (Å²) in [5.41, 5.74) is 1.67. The fourth-order valence-electron chi connectivity index (χ4n) is 2.27. The van der Waals surface area contributed by atoms with E-state index in [1.807, 2.05) is 60.3 Å². The largest absolute Gasteiger partial charge is 0.496 e. The third-order valence-corrected chi connectivity index (χ3v) is 4.62. The van der Waals surface area contributed by atoms with Gasteiger partial charge in [-0.15, -0.1) is 0 Å². The number of nitrogens with zero attached hydrogens (tertiary/aromatic N) is 2. The van der Waals surface area contributed by atoms with Gasteiger partial charge in [0.1, 0.15) is 10.6 Å². The maximum absolute atomic E-state index is 12.4. The lowest BCUT2D eigenvalue weighted by atomic mass is 10.2. The Morgan fingerprint density at radius 3 is 2.74 bits per heavy atom. The van der Waals surface area contributed by atoms with Crippen LogP contribution < -0.4 is 10.1 Å². The first-order valence-electron chi connectivity index (χ1n) is 7.20. The number of hydrogen-bond acceptors (Lipinski definition) is 4. The first-order chi connectivity index (χ1) is 11.2. The average molecular weight is 327 g/mol. The summed E-state index contributed by atoms with van der Waals surface area (Å²) >= 11 is 1.38. The van der Waals surface area contributed by atoms with Crippen molar-refractivity contribution in [2.24, 2.45) is 0 Å². The quantitative estimate of drug-likeness (QED) is 0.783. The smallest absolute Gasteiger partial charge is 0.263 e. The molecule has 0 saturated heterocycles. The summed E-state index contributed by atoms with van der Waals surface area (Å²) in [6, 6.07) is 11.5. The molecule has 0 aliphatic heterocycles. The summed E-state index contributed by atoms with van der Waals surface area (Å²) in [6.07, 6.45) is 3.82. The molecule has 5 nitrogen and oxygen atoms in total. The average Bonchev–Trinajstić information content (AvgIpc) is 3.22. The normalized spacial score (nSPS) is 10.5. The molecule has 0 saturated carbocycles. The summed E-state index contributed by atoms with van der Waals surface area (Å²) in [4.78, 5) is 17.5. The Morgan fingerprint density at radius 2 is 2.00 bits per heavy atom. The first-order valence-corrected chi connectivity index (χ1v) is 8.01. The van der Waals surface area contributed by atoms with Crippen molar-refractivity contribution in [3.8, 4) is 10.9 Å². The van der Waals surface area contributed by atoms with Crippen molar-refractivity contribution in [1.82, 2.24) is 14.9 Å². The van der Waals surface area contributed by atoms with Gasteiger partial charge in [0.25, 0.3) is 5.91 Å². The molecule has 0 spiro atoms. The highest BCUT2D eigenvalue weighted by Gasteiger charge is 2.16. The molecule has 3 aromatic rings. The number of carbonyl (C=O) groups excluding carboxylic acids is 1. The third kappa shape index (κ3) is 3.27. The second-order valence-corrected chi connectivity index (χ2v) is 5.97.